The lowest BCUT2D eigenvalue weighted by Crippen LogP contribution is -2.11. The Hall–Kier alpha value is -6.38. The van der Waals surface area contributed by atoms with Gasteiger partial charge < -0.3 is 9.32 Å². The minimum Gasteiger partial charge on any atom is -0.455 e. The topological polar surface area (TPSA) is 16.4 Å². The summed E-state index contributed by atoms with van der Waals surface area (Å²) in [4.78, 5) is 2.37. The van der Waals surface area contributed by atoms with Crippen molar-refractivity contribution in [3.05, 3.63) is 188 Å². The quantitative estimate of drug-likeness (QED) is 0.185. The fourth-order valence-electron chi connectivity index (χ4n) is 6.90. The van der Waals surface area contributed by atoms with E-state index in [1.165, 1.54) is 21.9 Å². The van der Waals surface area contributed by atoms with Crippen LogP contribution in [-0.2, 0) is 0 Å². The number of rotatable bonds is 6. The first-order chi connectivity index (χ1) is 23.8. The predicted octanol–water partition coefficient (Wildman–Crippen LogP) is 13.2. The number of hydrogen-bond donors (Lipinski definition) is 0. The number of furan rings is 1. The van der Waals surface area contributed by atoms with Gasteiger partial charge in [0.2, 0.25) is 0 Å². The highest BCUT2D eigenvalue weighted by molar-refractivity contribution is 6.10. The smallest absolute Gasteiger partial charge is 0.143 e. The van der Waals surface area contributed by atoms with Crippen LogP contribution in [0.1, 0.15) is 0 Å². The summed E-state index contributed by atoms with van der Waals surface area (Å²) in [5.74, 6) is 0. The maximum atomic E-state index is 6.45. The van der Waals surface area contributed by atoms with Gasteiger partial charge in [0, 0.05) is 33.3 Å². The van der Waals surface area contributed by atoms with E-state index in [2.05, 4.69) is 187 Å². The Bertz CT molecular complexity index is 2550. The van der Waals surface area contributed by atoms with Crippen LogP contribution in [0.5, 0.6) is 0 Å². The molecule has 0 saturated heterocycles. The zero-order valence-electron chi connectivity index (χ0n) is 26.3. The van der Waals surface area contributed by atoms with Gasteiger partial charge in [0.25, 0.3) is 0 Å². The van der Waals surface area contributed by atoms with E-state index in [1.54, 1.807) is 0 Å². The van der Waals surface area contributed by atoms with Crippen LogP contribution in [0.4, 0.5) is 17.1 Å². The molecule has 0 aliphatic carbocycles. The molecule has 9 aromatic rings. The molecule has 0 atom stereocenters. The number of nitrogens with zero attached hydrogens (tertiary/aromatic N) is 1. The van der Waals surface area contributed by atoms with E-state index in [0.29, 0.717) is 0 Å². The number of hydrogen-bond acceptors (Lipinski definition) is 2. The second-order valence-electron chi connectivity index (χ2n) is 12.2. The number of benzene rings is 8. The van der Waals surface area contributed by atoms with Crippen LogP contribution in [0.25, 0.3) is 66.1 Å². The summed E-state index contributed by atoms with van der Waals surface area (Å²) in [5.41, 5.74) is 12.1. The number of anilines is 3. The zero-order valence-corrected chi connectivity index (χ0v) is 26.3. The average molecular weight is 614 g/mol. The Morgan fingerprint density at radius 3 is 1.77 bits per heavy atom. The fraction of sp³-hybridized carbons (Fsp3) is 0. The molecule has 0 aliphatic heterocycles. The zero-order chi connectivity index (χ0) is 31.9. The van der Waals surface area contributed by atoms with Crippen molar-refractivity contribution in [3.63, 3.8) is 0 Å². The summed E-state index contributed by atoms with van der Waals surface area (Å²) in [6.45, 7) is 0. The summed E-state index contributed by atoms with van der Waals surface area (Å²) < 4.78 is 6.45. The minimum absolute atomic E-state index is 0.897. The van der Waals surface area contributed by atoms with Crippen LogP contribution in [0.15, 0.2) is 192 Å². The number of fused-ring (bicyclic) bond motifs is 4. The maximum absolute atomic E-state index is 6.45. The van der Waals surface area contributed by atoms with Crippen LogP contribution in [0, 0.1) is 0 Å². The minimum atomic E-state index is 0.897. The van der Waals surface area contributed by atoms with Crippen LogP contribution < -0.4 is 4.90 Å². The van der Waals surface area contributed by atoms with Crippen molar-refractivity contribution in [2.45, 2.75) is 0 Å². The molecule has 0 spiro atoms. The first-order valence-electron chi connectivity index (χ1n) is 16.3. The molecule has 8 aromatic carbocycles. The molecule has 0 amide bonds. The van der Waals surface area contributed by atoms with E-state index >= 15 is 0 Å². The van der Waals surface area contributed by atoms with Gasteiger partial charge in [-0.05, 0) is 75.5 Å². The third-order valence-corrected chi connectivity index (χ3v) is 9.26. The molecule has 0 saturated carbocycles. The first kappa shape index (κ1) is 27.9. The highest BCUT2D eigenvalue weighted by Crippen LogP contribution is 2.43. The molecule has 48 heavy (non-hydrogen) atoms. The molecule has 0 fully saturated rings. The van der Waals surface area contributed by atoms with E-state index < -0.39 is 0 Å². The number of para-hydroxylation sites is 2. The average Bonchev–Trinajstić information content (AvgIpc) is 3.54. The summed E-state index contributed by atoms with van der Waals surface area (Å²) in [5, 5.41) is 4.69. The molecule has 0 unspecified atom stereocenters. The SMILES string of the molecule is c1ccc(-c2ccccc2N(c2ccc(-c3ccc4oc5c(-c6ccccc6)cccc5c4c3)cc2)c2ccc3ccccc3c2)cc1. The van der Waals surface area contributed by atoms with Gasteiger partial charge in [0.1, 0.15) is 11.2 Å². The summed E-state index contributed by atoms with van der Waals surface area (Å²) in [7, 11) is 0. The molecule has 1 heterocycles. The van der Waals surface area contributed by atoms with Gasteiger partial charge in [-0.15, -0.1) is 0 Å². The molecule has 1 aromatic heterocycles. The predicted molar refractivity (Wildman–Crippen MR) is 202 cm³/mol. The molecule has 0 bridgehead atoms. The van der Waals surface area contributed by atoms with Crippen molar-refractivity contribution in [1.82, 2.24) is 0 Å². The molecule has 0 N–H and O–H groups in total. The summed E-state index contributed by atoms with van der Waals surface area (Å²) in [6.07, 6.45) is 0. The van der Waals surface area contributed by atoms with Crippen molar-refractivity contribution in [3.8, 4) is 33.4 Å². The summed E-state index contributed by atoms with van der Waals surface area (Å²) in [6, 6.07) is 66.9. The molecule has 0 aliphatic rings. The third kappa shape index (κ3) is 4.92. The summed E-state index contributed by atoms with van der Waals surface area (Å²) >= 11 is 0. The Labute approximate surface area is 279 Å². The molecule has 9 rings (SSSR count). The van der Waals surface area contributed by atoms with E-state index in [1.807, 2.05) is 6.07 Å². The lowest BCUT2D eigenvalue weighted by Gasteiger charge is -2.28. The molecule has 0 radical (unpaired) electrons. The van der Waals surface area contributed by atoms with E-state index in [4.69, 9.17) is 4.42 Å². The molecular weight excluding hydrogens is 583 g/mol. The van der Waals surface area contributed by atoms with Crippen LogP contribution in [-0.4, -0.2) is 0 Å². The van der Waals surface area contributed by atoms with Gasteiger partial charge in [-0.2, -0.15) is 0 Å². The second-order valence-corrected chi connectivity index (χ2v) is 12.2. The lowest BCUT2D eigenvalue weighted by molar-refractivity contribution is 0.670. The standard InChI is InChI=1S/C46H31NO/c1-3-13-34(14-4-1)40-18-9-10-21-44(40)47(39-28-24-32-12-7-8-17-36(32)30-39)38-26-22-33(23-27-38)37-25-29-45-43(31-37)42-20-11-19-41(46(42)48-45)35-15-5-2-6-16-35/h1-31H. The Morgan fingerprint density at radius 2 is 0.979 bits per heavy atom. The van der Waals surface area contributed by atoms with Gasteiger partial charge in [0.05, 0.1) is 5.69 Å². The molecular formula is C46H31NO. The second kappa shape index (κ2) is 11.8. The van der Waals surface area contributed by atoms with Gasteiger partial charge >= 0.3 is 0 Å². The van der Waals surface area contributed by atoms with E-state index in [-0.39, 0.29) is 0 Å². The van der Waals surface area contributed by atoms with Crippen LogP contribution in [0.2, 0.25) is 0 Å². The van der Waals surface area contributed by atoms with Crippen molar-refractivity contribution < 1.29 is 4.42 Å². The van der Waals surface area contributed by atoms with Crippen molar-refractivity contribution in [1.29, 1.82) is 0 Å². The van der Waals surface area contributed by atoms with Crippen LogP contribution >= 0.6 is 0 Å². The third-order valence-electron chi connectivity index (χ3n) is 9.26. The van der Waals surface area contributed by atoms with Gasteiger partial charge in [-0.3, -0.25) is 0 Å². The van der Waals surface area contributed by atoms with Crippen molar-refractivity contribution in [2.75, 3.05) is 4.90 Å². The fourth-order valence-corrected chi connectivity index (χ4v) is 6.90. The van der Waals surface area contributed by atoms with Gasteiger partial charge in [0.15, 0.2) is 0 Å². The Morgan fingerprint density at radius 1 is 0.354 bits per heavy atom. The lowest BCUT2D eigenvalue weighted by atomic mass is 9.99. The van der Waals surface area contributed by atoms with Crippen molar-refractivity contribution in [2.24, 2.45) is 0 Å². The molecule has 226 valence electrons. The normalized spacial score (nSPS) is 11.3. The Balaban J connectivity index is 1.15. The molecule has 2 heteroatoms. The maximum Gasteiger partial charge on any atom is 0.143 e. The van der Waals surface area contributed by atoms with Gasteiger partial charge in [-0.1, -0.05) is 146 Å². The van der Waals surface area contributed by atoms with Crippen molar-refractivity contribution >= 4 is 49.8 Å². The Kier molecular flexibility index (Phi) is 6.84. The van der Waals surface area contributed by atoms with E-state index in [9.17, 15) is 0 Å². The molecule has 2 nitrogen and oxygen atoms in total. The van der Waals surface area contributed by atoms with Gasteiger partial charge in [-0.25, -0.2) is 0 Å². The van der Waals surface area contributed by atoms with E-state index in [0.717, 1.165) is 61.3 Å². The largest absolute Gasteiger partial charge is 0.455 e. The van der Waals surface area contributed by atoms with Crippen LogP contribution in [0.3, 0.4) is 0 Å². The monoisotopic (exact) mass is 613 g/mol. The highest BCUT2D eigenvalue weighted by atomic mass is 16.3. The first-order valence-corrected chi connectivity index (χ1v) is 16.3. The highest BCUT2D eigenvalue weighted by Gasteiger charge is 2.18.